The zero-order valence-electron chi connectivity index (χ0n) is 8.43. The molecule has 0 atom stereocenters. The fourth-order valence-electron chi connectivity index (χ4n) is 1.75. The number of nitrogens with one attached hydrogen (secondary N) is 1. The maximum absolute atomic E-state index is 9.23. The zero-order valence-corrected chi connectivity index (χ0v) is 8.43. The Labute approximate surface area is 75.0 Å². The second kappa shape index (κ2) is 5.51. The molecule has 0 aliphatic carbocycles. The molecule has 12 heavy (non-hydrogen) atoms. The first-order valence-electron chi connectivity index (χ1n) is 4.77. The molecule has 3 nitrogen and oxygen atoms in total. The SMILES string of the molecule is CC[NH+](CC)C(CC)(CO)CO. The summed E-state index contributed by atoms with van der Waals surface area (Å²) in [4.78, 5) is 1.27. The molecule has 74 valence electrons. The van der Waals surface area contributed by atoms with Crippen LogP contribution in [0.5, 0.6) is 0 Å². The molecule has 0 fully saturated rings. The van der Waals surface area contributed by atoms with E-state index in [1.807, 2.05) is 6.92 Å². The van der Waals surface area contributed by atoms with Crippen LogP contribution in [-0.4, -0.2) is 42.1 Å². The minimum atomic E-state index is -0.330. The van der Waals surface area contributed by atoms with E-state index in [-0.39, 0.29) is 18.8 Å². The van der Waals surface area contributed by atoms with Crippen LogP contribution in [0.15, 0.2) is 0 Å². The average Bonchev–Trinajstić information content (AvgIpc) is 2.14. The van der Waals surface area contributed by atoms with E-state index in [4.69, 9.17) is 0 Å². The second-order valence-corrected chi connectivity index (χ2v) is 3.26. The zero-order chi connectivity index (χ0) is 9.61. The van der Waals surface area contributed by atoms with Crippen molar-refractivity contribution < 1.29 is 15.1 Å². The van der Waals surface area contributed by atoms with Crippen LogP contribution in [0.1, 0.15) is 27.2 Å². The van der Waals surface area contributed by atoms with Gasteiger partial charge in [-0.15, -0.1) is 0 Å². The number of aliphatic hydroxyl groups is 2. The van der Waals surface area contributed by atoms with Crippen molar-refractivity contribution in [3.63, 3.8) is 0 Å². The van der Waals surface area contributed by atoms with Crippen LogP contribution in [0.25, 0.3) is 0 Å². The molecule has 0 saturated heterocycles. The van der Waals surface area contributed by atoms with E-state index in [0.717, 1.165) is 19.5 Å². The lowest BCUT2D eigenvalue weighted by Crippen LogP contribution is -3.21. The second-order valence-electron chi connectivity index (χ2n) is 3.26. The van der Waals surface area contributed by atoms with E-state index in [0.29, 0.717) is 0 Å². The summed E-state index contributed by atoms with van der Waals surface area (Å²) >= 11 is 0. The van der Waals surface area contributed by atoms with Gasteiger partial charge in [0.2, 0.25) is 0 Å². The molecular formula is C9H22NO2+. The molecule has 0 spiro atoms. The van der Waals surface area contributed by atoms with Crippen molar-refractivity contribution >= 4 is 0 Å². The predicted molar refractivity (Wildman–Crippen MR) is 49.2 cm³/mol. The average molecular weight is 176 g/mol. The Balaban J connectivity index is 4.42. The van der Waals surface area contributed by atoms with Gasteiger partial charge in [-0.05, 0) is 13.8 Å². The monoisotopic (exact) mass is 176 g/mol. The quantitative estimate of drug-likeness (QED) is 0.488. The molecule has 0 radical (unpaired) electrons. The summed E-state index contributed by atoms with van der Waals surface area (Å²) in [7, 11) is 0. The van der Waals surface area contributed by atoms with Crippen LogP contribution in [0, 0.1) is 0 Å². The van der Waals surface area contributed by atoms with Crippen molar-refractivity contribution in [2.24, 2.45) is 0 Å². The Morgan fingerprint density at radius 1 is 1.00 bits per heavy atom. The van der Waals surface area contributed by atoms with Crippen molar-refractivity contribution in [2.75, 3.05) is 26.3 Å². The lowest BCUT2D eigenvalue weighted by molar-refractivity contribution is -0.951. The highest BCUT2D eigenvalue weighted by atomic mass is 16.3. The van der Waals surface area contributed by atoms with E-state index >= 15 is 0 Å². The molecule has 3 N–H and O–H groups in total. The van der Waals surface area contributed by atoms with E-state index in [2.05, 4.69) is 13.8 Å². The predicted octanol–water partition coefficient (Wildman–Crippen LogP) is -0.955. The molecule has 0 aromatic carbocycles. The number of rotatable bonds is 6. The molecule has 0 bridgehead atoms. The van der Waals surface area contributed by atoms with Crippen molar-refractivity contribution in [3.05, 3.63) is 0 Å². The van der Waals surface area contributed by atoms with Crippen molar-refractivity contribution in [1.29, 1.82) is 0 Å². The lowest BCUT2D eigenvalue weighted by atomic mass is 9.96. The molecule has 3 heteroatoms. The van der Waals surface area contributed by atoms with Crippen LogP contribution in [-0.2, 0) is 0 Å². The largest absolute Gasteiger partial charge is 0.390 e. The number of likely N-dealkylation sites (N-methyl/N-ethyl adjacent to an activating group) is 1. The third kappa shape index (κ3) is 2.19. The van der Waals surface area contributed by atoms with Crippen molar-refractivity contribution in [2.45, 2.75) is 32.7 Å². The van der Waals surface area contributed by atoms with Gasteiger partial charge < -0.3 is 15.1 Å². The number of hydrogen-bond acceptors (Lipinski definition) is 2. The molecule has 0 unspecified atom stereocenters. The highest BCUT2D eigenvalue weighted by Crippen LogP contribution is 2.02. The molecule has 0 amide bonds. The summed E-state index contributed by atoms with van der Waals surface area (Å²) in [5.41, 5.74) is -0.330. The molecule has 0 saturated carbocycles. The Morgan fingerprint density at radius 2 is 1.42 bits per heavy atom. The first-order valence-corrected chi connectivity index (χ1v) is 4.77. The molecule has 0 aliphatic heterocycles. The van der Waals surface area contributed by atoms with Gasteiger partial charge in [-0.2, -0.15) is 0 Å². The van der Waals surface area contributed by atoms with E-state index in [1.54, 1.807) is 0 Å². The molecule has 0 aliphatic rings. The van der Waals surface area contributed by atoms with Crippen LogP contribution < -0.4 is 4.90 Å². The normalized spacial score (nSPS) is 12.5. The number of hydrogen-bond donors (Lipinski definition) is 3. The van der Waals surface area contributed by atoms with Crippen LogP contribution >= 0.6 is 0 Å². The summed E-state index contributed by atoms with van der Waals surface area (Å²) in [6, 6.07) is 0. The minimum Gasteiger partial charge on any atom is -0.390 e. The first-order chi connectivity index (χ1) is 5.70. The molecule has 0 rings (SSSR count). The van der Waals surface area contributed by atoms with E-state index in [9.17, 15) is 10.2 Å². The smallest absolute Gasteiger partial charge is 0.144 e. The van der Waals surface area contributed by atoms with Gasteiger partial charge in [0.25, 0.3) is 0 Å². The fourth-order valence-corrected chi connectivity index (χ4v) is 1.75. The number of quaternary nitrogens is 1. The summed E-state index contributed by atoms with van der Waals surface area (Å²) in [6.45, 7) is 8.20. The van der Waals surface area contributed by atoms with Gasteiger partial charge >= 0.3 is 0 Å². The van der Waals surface area contributed by atoms with E-state index < -0.39 is 0 Å². The summed E-state index contributed by atoms with van der Waals surface area (Å²) in [5, 5.41) is 18.5. The van der Waals surface area contributed by atoms with Gasteiger partial charge in [0.1, 0.15) is 18.8 Å². The molecule has 0 aromatic rings. The Morgan fingerprint density at radius 3 is 1.50 bits per heavy atom. The molecular weight excluding hydrogens is 154 g/mol. The van der Waals surface area contributed by atoms with Crippen molar-refractivity contribution in [3.8, 4) is 0 Å². The van der Waals surface area contributed by atoms with E-state index in [1.165, 1.54) is 4.90 Å². The Kier molecular flexibility index (Phi) is 5.46. The topological polar surface area (TPSA) is 44.9 Å². The summed E-state index contributed by atoms with van der Waals surface area (Å²) in [6.07, 6.45) is 0.816. The van der Waals surface area contributed by atoms with Gasteiger partial charge in [-0.25, -0.2) is 0 Å². The van der Waals surface area contributed by atoms with Gasteiger partial charge in [0, 0.05) is 6.42 Å². The minimum absolute atomic E-state index is 0.0665. The molecule has 0 aromatic heterocycles. The maximum Gasteiger partial charge on any atom is 0.144 e. The highest BCUT2D eigenvalue weighted by Gasteiger charge is 2.36. The standard InChI is InChI=1S/C9H21NO2/c1-4-9(7-11,8-12)10(5-2)6-3/h11-12H,4-8H2,1-3H3/p+1. The molecule has 0 heterocycles. The van der Waals surface area contributed by atoms with Crippen LogP contribution in [0.3, 0.4) is 0 Å². The summed E-state index contributed by atoms with van der Waals surface area (Å²) in [5.74, 6) is 0. The van der Waals surface area contributed by atoms with Crippen LogP contribution in [0.4, 0.5) is 0 Å². The van der Waals surface area contributed by atoms with Gasteiger partial charge in [-0.3, -0.25) is 0 Å². The van der Waals surface area contributed by atoms with Gasteiger partial charge in [-0.1, -0.05) is 6.92 Å². The summed E-state index contributed by atoms with van der Waals surface area (Å²) < 4.78 is 0. The third-order valence-electron chi connectivity index (χ3n) is 2.89. The Hall–Kier alpha value is -0.120. The fraction of sp³-hybridized carbons (Fsp3) is 1.00. The van der Waals surface area contributed by atoms with Crippen LogP contribution in [0.2, 0.25) is 0 Å². The van der Waals surface area contributed by atoms with Crippen molar-refractivity contribution in [1.82, 2.24) is 0 Å². The third-order valence-corrected chi connectivity index (χ3v) is 2.89. The maximum atomic E-state index is 9.23. The van der Waals surface area contributed by atoms with Gasteiger partial charge in [0.15, 0.2) is 0 Å². The highest BCUT2D eigenvalue weighted by molar-refractivity contribution is 4.74. The first kappa shape index (κ1) is 11.9. The Bertz CT molecular complexity index is 101. The number of aliphatic hydroxyl groups excluding tert-OH is 2. The lowest BCUT2D eigenvalue weighted by Gasteiger charge is -2.36. The van der Waals surface area contributed by atoms with Gasteiger partial charge in [0.05, 0.1) is 13.1 Å².